The highest BCUT2D eigenvalue weighted by molar-refractivity contribution is 5.93. The maximum absolute atomic E-state index is 15.0. The second kappa shape index (κ2) is 26.6. The Morgan fingerprint density at radius 3 is 1.49 bits per heavy atom. The number of Topliss-reactive ketones (excluding diaryl/α,β-unsaturated/α-hetero) is 1. The van der Waals surface area contributed by atoms with Crippen molar-refractivity contribution in [1.29, 1.82) is 0 Å². The zero-order valence-electron chi connectivity index (χ0n) is 41.5. The van der Waals surface area contributed by atoms with Crippen LogP contribution in [0, 0.1) is 0 Å². The summed E-state index contributed by atoms with van der Waals surface area (Å²) in [5.41, 5.74) is 3.05. The summed E-state index contributed by atoms with van der Waals surface area (Å²) < 4.78 is 0. The number of carbonyl (C=O) groups excluding carboxylic acids is 8. The quantitative estimate of drug-likeness (QED) is 0.154. The van der Waals surface area contributed by atoms with Gasteiger partial charge in [0.1, 0.15) is 32.0 Å². The molecule has 4 aromatic carbocycles. The summed E-state index contributed by atoms with van der Waals surface area (Å²) in [6, 6.07) is 34.5. The lowest BCUT2D eigenvalue weighted by Crippen LogP contribution is -2.52. The maximum Gasteiger partial charge on any atom is 0.243 e. The monoisotopic (exact) mass is 956 g/mol. The minimum Gasteiger partial charge on any atom is -0.356 e. The lowest BCUT2D eigenvalue weighted by molar-refractivity contribution is -0.150. The number of amides is 7. The Morgan fingerprint density at radius 1 is 0.543 bits per heavy atom. The van der Waals surface area contributed by atoms with E-state index in [9.17, 15) is 33.6 Å². The van der Waals surface area contributed by atoms with Gasteiger partial charge in [0.2, 0.25) is 41.4 Å². The summed E-state index contributed by atoms with van der Waals surface area (Å²) in [6.07, 6.45) is 1.19. The van der Waals surface area contributed by atoms with Crippen LogP contribution in [0.2, 0.25) is 0 Å². The van der Waals surface area contributed by atoms with Gasteiger partial charge in [-0.1, -0.05) is 121 Å². The van der Waals surface area contributed by atoms with Crippen LogP contribution in [0.15, 0.2) is 121 Å². The number of hydrogen-bond donors (Lipinski definition) is 1. The van der Waals surface area contributed by atoms with Crippen LogP contribution in [0.5, 0.6) is 0 Å². The number of rotatable bonds is 14. The Labute approximate surface area is 412 Å². The molecule has 15 nitrogen and oxygen atoms in total. The Morgan fingerprint density at radius 2 is 1.00 bits per heavy atom. The number of carbonyl (C=O) groups is 8. The van der Waals surface area contributed by atoms with Crippen LogP contribution < -0.4 is 5.32 Å². The molecule has 1 fully saturated rings. The van der Waals surface area contributed by atoms with Crippen LogP contribution in [0.3, 0.4) is 0 Å². The van der Waals surface area contributed by atoms with Crippen molar-refractivity contribution in [2.45, 2.75) is 91.4 Å². The molecule has 70 heavy (non-hydrogen) atoms. The van der Waals surface area contributed by atoms with Crippen molar-refractivity contribution >= 4 is 47.1 Å². The number of ketones is 1. The predicted octanol–water partition coefficient (Wildman–Crippen LogP) is 6.30. The first-order valence-electron chi connectivity index (χ1n) is 24.2. The van der Waals surface area contributed by atoms with E-state index in [4.69, 9.17) is 0 Å². The highest BCUT2D eigenvalue weighted by Gasteiger charge is 2.35. The van der Waals surface area contributed by atoms with Crippen molar-refractivity contribution in [3.63, 3.8) is 0 Å². The average Bonchev–Trinajstić information content (AvgIpc) is 3.36. The fourth-order valence-corrected chi connectivity index (χ4v) is 8.74. The van der Waals surface area contributed by atoms with Gasteiger partial charge in [-0.25, -0.2) is 0 Å². The van der Waals surface area contributed by atoms with E-state index in [1.807, 2.05) is 135 Å². The van der Waals surface area contributed by atoms with Gasteiger partial charge in [0.05, 0.1) is 37.3 Å². The van der Waals surface area contributed by atoms with Crippen molar-refractivity contribution < 1.29 is 38.4 Å². The average molecular weight is 956 g/mol. The first kappa shape index (κ1) is 53.8. The largest absolute Gasteiger partial charge is 0.356 e. The number of nitrogens with one attached hydrogen (secondary N) is 1. The molecule has 15 heteroatoms. The molecule has 372 valence electrons. The predicted molar refractivity (Wildman–Crippen MR) is 267 cm³/mol. The van der Waals surface area contributed by atoms with E-state index >= 15 is 4.79 Å². The van der Waals surface area contributed by atoms with Crippen LogP contribution >= 0.6 is 0 Å². The molecule has 0 bridgehead atoms. The Bertz CT molecular complexity index is 2390. The minimum absolute atomic E-state index is 0.0237. The standard InChI is InChI=1S/C55H69N7O8/c1-40(63)34-57-32-20-19-31-56-50(65)30-21-33-58(52(67)37-60(42(3)47-24-13-8-14-25-47)54(69)38-59(45(6)64)41(2)46-22-11-7-12-23-46)35-53(68)62(44(5)49-28-17-10-18-29-49)39-55(70)61(36-51(57)66)43(4)48-26-15-9-16-27-48/h7-18,22-29,41-44H,19-21,30-39H2,1-6H3,(H,56,65)/t41-,42-,43-,44-/m0/s1. The van der Waals surface area contributed by atoms with E-state index < -0.39 is 73.3 Å². The summed E-state index contributed by atoms with van der Waals surface area (Å²) in [5.74, 6) is -3.42. The maximum atomic E-state index is 15.0. The summed E-state index contributed by atoms with van der Waals surface area (Å²) >= 11 is 0. The van der Waals surface area contributed by atoms with Crippen LogP contribution in [0.4, 0.5) is 0 Å². The summed E-state index contributed by atoms with van der Waals surface area (Å²) in [5, 5.41) is 2.91. The van der Waals surface area contributed by atoms with Gasteiger partial charge in [0, 0.05) is 33.0 Å². The zero-order chi connectivity index (χ0) is 50.7. The van der Waals surface area contributed by atoms with E-state index in [1.165, 1.54) is 43.2 Å². The highest BCUT2D eigenvalue weighted by Crippen LogP contribution is 2.27. The molecule has 1 heterocycles. The van der Waals surface area contributed by atoms with Gasteiger partial charge in [-0.2, -0.15) is 0 Å². The summed E-state index contributed by atoms with van der Waals surface area (Å²) in [4.78, 5) is 121. The molecule has 7 amide bonds. The van der Waals surface area contributed by atoms with E-state index in [-0.39, 0.29) is 63.2 Å². The second-order valence-corrected chi connectivity index (χ2v) is 18.1. The fraction of sp³-hybridized carbons (Fsp3) is 0.418. The third-order valence-corrected chi connectivity index (χ3v) is 13.0. The molecule has 1 aliphatic heterocycles. The van der Waals surface area contributed by atoms with Gasteiger partial charge in [-0.15, -0.1) is 0 Å². The van der Waals surface area contributed by atoms with E-state index in [2.05, 4.69) is 5.32 Å². The Hall–Kier alpha value is -7.16. The summed E-state index contributed by atoms with van der Waals surface area (Å²) in [6.45, 7) is 8.25. The van der Waals surface area contributed by atoms with Crippen molar-refractivity contribution in [2.75, 3.05) is 58.9 Å². The fourth-order valence-electron chi connectivity index (χ4n) is 8.74. The molecule has 5 rings (SSSR count). The highest BCUT2D eigenvalue weighted by atomic mass is 16.2. The Balaban J connectivity index is 1.53. The molecule has 1 N–H and O–H groups in total. The normalized spacial score (nSPS) is 16.7. The molecule has 0 radical (unpaired) electrons. The van der Waals surface area contributed by atoms with Gasteiger partial charge >= 0.3 is 0 Å². The molecule has 4 aromatic rings. The van der Waals surface area contributed by atoms with E-state index in [0.717, 1.165) is 22.3 Å². The number of nitrogens with zero attached hydrogens (tertiary/aromatic N) is 6. The summed E-state index contributed by atoms with van der Waals surface area (Å²) in [7, 11) is 0. The molecule has 0 unspecified atom stereocenters. The topological polar surface area (TPSA) is 168 Å². The van der Waals surface area contributed by atoms with Gasteiger partial charge in [0.25, 0.3) is 0 Å². The molecule has 0 saturated carbocycles. The molecule has 1 saturated heterocycles. The molecule has 4 atom stereocenters. The minimum atomic E-state index is -0.686. The Kier molecular flexibility index (Phi) is 20.4. The lowest BCUT2D eigenvalue weighted by atomic mass is 10.0. The van der Waals surface area contributed by atoms with Gasteiger partial charge in [-0.3, -0.25) is 38.4 Å². The molecular weight excluding hydrogens is 887 g/mol. The third kappa shape index (κ3) is 15.4. The zero-order valence-corrected chi connectivity index (χ0v) is 41.5. The van der Waals surface area contributed by atoms with Crippen molar-refractivity contribution in [1.82, 2.24) is 34.7 Å². The van der Waals surface area contributed by atoms with Gasteiger partial charge < -0.3 is 34.7 Å². The smallest absolute Gasteiger partial charge is 0.243 e. The lowest BCUT2D eigenvalue weighted by Gasteiger charge is -2.37. The van der Waals surface area contributed by atoms with Crippen molar-refractivity contribution in [2.24, 2.45) is 0 Å². The first-order chi connectivity index (χ1) is 33.5. The molecular formula is C55H69N7O8. The SMILES string of the molecule is CC(=O)CN1CCCCNC(=O)CCCN(C(=O)CN(C(=O)CN(C(C)=O)[C@@H](C)c2ccccc2)[C@@H](C)c2ccccc2)CC(=O)N([C@@H](C)c2ccccc2)CC(=O)N([C@@H](C)c2ccccc2)CC1=O. The van der Waals surface area contributed by atoms with Crippen LogP contribution in [0.25, 0.3) is 0 Å². The van der Waals surface area contributed by atoms with E-state index in [1.54, 1.807) is 13.8 Å². The molecule has 0 aliphatic carbocycles. The number of benzene rings is 4. The molecule has 1 aliphatic rings. The van der Waals surface area contributed by atoms with Crippen molar-refractivity contribution in [3.8, 4) is 0 Å². The second-order valence-electron chi connectivity index (χ2n) is 18.1. The van der Waals surface area contributed by atoms with Gasteiger partial charge in [-0.05, 0) is 76.1 Å². The van der Waals surface area contributed by atoms with Crippen LogP contribution in [-0.2, 0) is 38.4 Å². The third-order valence-electron chi connectivity index (χ3n) is 13.0. The molecule has 0 spiro atoms. The first-order valence-corrected chi connectivity index (χ1v) is 24.2. The van der Waals surface area contributed by atoms with Crippen molar-refractivity contribution in [3.05, 3.63) is 144 Å². The van der Waals surface area contributed by atoms with Crippen LogP contribution in [-0.4, -0.2) is 135 Å². The number of hydrogen-bond acceptors (Lipinski definition) is 8. The van der Waals surface area contributed by atoms with Gasteiger partial charge in [0.15, 0.2) is 0 Å². The van der Waals surface area contributed by atoms with Crippen LogP contribution in [0.1, 0.15) is 114 Å². The molecule has 0 aromatic heterocycles. The van der Waals surface area contributed by atoms with E-state index in [0.29, 0.717) is 19.4 Å².